The summed E-state index contributed by atoms with van der Waals surface area (Å²) < 4.78 is 10.7. The highest BCUT2D eigenvalue weighted by Gasteiger charge is 2.32. The number of hydrogen-bond donors (Lipinski definition) is 1. The van der Waals surface area contributed by atoms with E-state index in [2.05, 4.69) is 0 Å². The molecule has 2 heterocycles. The Balaban J connectivity index is 1.84. The number of likely N-dealkylation sites (tertiary alicyclic amines) is 1. The second kappa shape index (κ2) is 5.87. The van der Waals surface area contributed by atoms with Crippen LogP contribution in [0.1, 0.15) is 33.0 Å². The summed E-state index contributed by atoms with van der Waals surface area (Å²) in [5.74, 6) is 1.20. The van der Waals surface area contributed by atoms with Gasteiger partial charge in [-0.2, -0.15) is 0 Å². The van der Waals surface area contributed by atoms with Crippen LogP contribution in [-0.4, -0.2) is 35.7 Å². The first-order valence-electron chi connectivity index (χ1n) is 7.11. The minimum atomic E-state index is -0.453. The molecule has 0 aliphatic carbocycles. The summed E-state index contributed by atoms with van der Waals surface area (Å²) in [6.45, 7) is 7.01. The van der Waals surface area contributed by atoms with Gasteiger partial charge in [-0.1, -0.05) is 0 Å². The first-order valence-corrected chi connectivity index (χ1v) is 7.11. The van der Waals surface area contributed by atoms with Gasteiger partial charge in [-0.3, -0.25) is 0 Å². The van der Waals surface area contributed by atoms with Gasteiger partial charge in [0.05, 0.1) is 6.26 Å². The first kappa shape index (κ1) is 14.9. The quantitative estimate of drug-likeness (QED) is 0.923. The minimum absolute atomic E-state index is 0.00795. The maximum atomic E-state index is 12.0. The molecular formula is C15H24N2O3. The summed E-state index contributed by atoms with van der Waals surface area (Å²) >= 11 is 0. The number of furan rings is 1. The number of nitrogens with two attached hydrogens (primary N) is 1. The largest absolute Gasteiger partial charge is 0.469 e. The van der Waals surface area contributed by atoms with Crippen LogP contribution in [0, 0.1) is 5.92 Å². The van der Waals surface area contributed by atoms with Crippen molar-refractivity contribution < 1.29 is 13.9 Å². The van der Waals surface area contributed by atoms with Gasteiger partial charge < -0.3 is 19.8 Å². The van der Waals surface area contributed by atoms with Crippen LogP contribution in [0.4, 0.5) is 4.79 Å². The second-order valence-electron chi connectivity index (χ2n) is 6.42. The second-order valence-corrected chi connectivity index (χ2v) is 6.42. The fourth-order valence-corrected chi connectivity index (χ4v) is 2.46. The fraction of sp³-hybridized carbons (Fsp3) is 0.667. The van der Waals surface area contributed by atoms with Crippen molar-refractivity contribution in [3.8, 4) is 0 Å². The molecule has 1 fully saturated rings. The molecular weight excluding hydrogens is 256 g/mol. The Hall–Kier alpha value is -1.49. The zero-order valence-electron chi connectivity index (χ0n) is 12.5. The van der Waals surface area contributed by atoms with E-state index in [1.165, 1.54) is 0 Å². The molecule has 2 atom stereocenters. The Kier molecular flexibility index (Phi) is 4.38. The van der Waals surface area contributed by atoms with Crippen LogP contribution in [-0.2, 0) is 11.2 Å². The van der Waals surface area contributed by atoms with Crippen molar-refractivity contribution in [3.63, 3.8) is 0 Å². The number of carbonyl (C=O) groups excluding carboxylic acids is 1. The predicted molar refractivity (Wildman–Crippen MR) is 76.3 cm³/mol. The summed E-state index contributed by atoms with van der Waals surface area (Å²) in [7, 11) is 0. The molecule has 0 saturated carbocycles. The maximum Gasteiger partial charge on any atom is 0.410 e. The maximum absolute atomic E-state index is 12.0. The van der Waals surface area contributed by atoms with E-state index in [4.69, 9.17) is 14.9 Å². The average molecular weight is 280 g/mol. The normalized spacial score (nSPS) is 21.0. The van der Waals surface area contributed by atoms with E-state index < -0.39 is 5.60 Å². The molecule has 2 unspecified atom stereocenters. The highest BCUT2D eigenvalue weighted by atomic mass is 16.6. The lowest BCUT2D eigenvalue weighted by Gasteiger charge is -2.25. The van der Waals surface area contributed by atoms with E-state index in [1.807, 2.05) is 32.9 Å². The Morgan fingerprint density at radius 1 is 1.60 bits per heavy atom. The van der Waals surface area contributed by atoms with Crippen LogP contribution in [0.3, 0.4) is 0 Å². The van der Waals surface area contributed by atoms with E-state index in [1.54, 1.807) is 11.2 Å². The van der Waals surface area contributed by atoms with Gasteiger partial charge in [0, 0.05) is 25.6 Å². The molecule has 0 bridgehead atoms. The summed E-state index contributed by atoms with van der Waals surface area (Å²) in [5.41, 5.74) is 5.77. The van der Waals surface area contributed by atoms with Crippen LogP contribution in [0.25, 0.3) is 0 Å². The predicted octanol–water partition coefficient (Wildman–Crippen LogP) is 2.41. The third-order valence-corrected chi connectivity index (χ3v) is 3.50. The molecule has 20 heavy (non-hydrogen) atoms. The van der Waals surface area contributed by atoms with Crippen molar-refractivity contribution in [3.05, 3.63) is 24.2 Å². The van der Waals surface area contributed by atoms with Gasteiger partial charge in [0.2, 0.25) is 0 Å². The van der Waals surface area contributed by atoms with Crippen molar-refractivity contribution in [2.24, 2.45) is 11.7 Å². The fourth-order valence-electron chi connectivity index (χ4n) is 2.46. The standard InChI is InChI=1S/C15H24N2O3/c1-15(2,3)20-14(18)17-7-6-11(10-17)13(16)9-12-5-4-8-19-12/h4-5,8,11,13H,6-7,9-10,16H2,1-3H3. The molecule has 1 saturated heterocycles. The van der Waals surface area contributed by atoms with Crippen LogP contribution < -0.4 is 5.73 Å². The molecule has 2 N–H and O–H groups in total. The van der Waals surface area contributed by atoms with Crippen LogP contribution >= 0.6 is 0 Å². The Morgan fingerprint density at radius 3 is 2.95 bits per heavy atom. The van der Waals surface area contributed by atoms with Gasteiger partial charge in [0.15, 0.2) is 0 Å². The van der Waals surface area contributed by atoms with E-state index in [9.17, 15) is 4.79 Å². The van der Waals surface area contributed by atoms with Crippen molar-refractivity contribution in [2.45, 2.75) is 45.3 Å². The van der Waals surface area contributed by atoms with Gasteiger partial charge in [0.25, 0.3) is 0 Å². The van der Waals surface area contributed by atoms with Gasteiger partial charge in [-0.15, -0.1) is 0 Å². The van der Waals surface area contributed by atoms with Gasteiger partial charge in [-0.05, 0) is 45.2 Å². The number of nitrogens with zero attached hydrogens (tertiary/aromatic N) is 1. The molecule has 5 heteroatoms. The number of hydrogen-bond acceptors (Lipinski definition) is 4. The van der Waals surface area contributed by atoms with E-state index >= 15 is 0 Å². The first-order chi connectivity index (χ1) is 9.35. The summed E-state index contributed by atoms with van der Waals surface area (Å²) in [6.07, 6.45) is 3.04. The highest BCUT2D eigenvalue weighted by Crippen LogP contribution is 2.23. The van der Waals surface area contributed by atoms with E-state index in [-0.39, 0.29) is 12.1 Å². The minimum Gasteiger partial charge on any atom is -0.469 e. The zero-order chi connectivity index (χ0) is 14.8. The Labute approximate surface area is 120 Å². The van der Waals surface area contributed by atoms with Gasteiger partial charge in [0.1, 0.15) is 11.4 Å². The summed E-state index contributed by atoms with van der Waals surface area (Å²) in [4.78, 5) is 13.7. The van der Waals surface area contributed by atoms with Crippen molar-refractivity contribution in [1.82, 2.24) is 4.90 Å². The van der Waals surface area contributed by atoms with Crippen molar-refractivity contribution >= 4 is 6.09 Å². The molecule has 5 nitrogen and oxygen atoms in total. The molecule has 1 aliphatic heterocycles. The molecule has 0 spiro atoms. The van der Waals surface area contributed by atoms with E-state index in [0.717, 1.165) is 12.2 Å². The average Bonchev–Trinajstić information content (AvgIpc) is 2.96. The molecule has 0 aromatic carbocycles. The van der Waals surface area contributed by atoms with Crippen LogP contribution in [0.15, 0.2) is 22.8 Å². The highest BCUT2D eigenvalue weighted by molar-refractivity contribution is 5.68. The third-order valence-electron chi connectivity index (χ3n) is 3.50. The lowest BCUT2D eigenvalue weighted by Crippen LogP contribution is -2.38. The van der Waals surface area contributed by atoms with Gasteiger partial charge >= 0.3 is 6.09 Å². The van der Waals surface area contributed by atoms with Crippen LogP contribution in [0.2, 0.25) is 0 Å². The number of rotatable bonds is 3. The number of amides is 1. The molecule has 0 radical (unpaired) electrons. The molecule has 1 aliphatic rings. The SMILES string of the molecule is CC(C)(C)OC(=O)N1CCC(C(N)Cc2ccco2)C1. The van der Waals surface area contributed by atoms with Crippen molar-refractivity contribution in [1.29, 1.82) is 0 Å². The molecule has 1 aromatic heterocycles. The molecule has 1 aromatic rings. The topological polar surface area (TPSA) is 68.7 Å². The molecule has 112 valence electrons. The monoisotopic (exact) mass is 280 g/mol. The zero-order valence-corrected chi connectivity index (χ0v) is 12.5. The lowest BCUT2D eigenvalue weighted by molar-refractivity contribution is 0.0286. The van der Waals surface area contributed by atoms with Crippen LogP contribution in [0.5, 0.6) is 0 Å². The van der Waals surface area contributed by atoms with Crippen molar-refractivity contribution in [2.75, 3.05) is 13.1 Å². The molecule has 1 amide bonds. The third kappa shape index (κ3) is 4.00. The summed E-state index contributed by atoms with van der Waals surface area (Å²) in [5, 5.41) is 0. The summed E-state index contributed by atoms with van der Waals surface area (Å²) in [6, 6.07) is 3.80. The Morgan fingerprint density at radius 2 is 2.35 bits per heavy atom. The lowest BCUT2D eigenvalue weighted by atomic mass is 9.96. The smallest absolute Gasteiger partial charge is 0.410 e. The van der Waals surface area contributed by atoms with E-state index in [0.29, 0.717) is 25.4 Å². The van der Waals surface area contributed by atoms with Gasteiger partial charge in [-0.25, -0.2) is 4.79 Å². The molecule has 2 rings (SSSR count). The number of carbonyl (C=O) groups is 1. The Bertz CT molecular complexity index is 436. The number of ether oxygens (including phenoxy) is 1.